The van der Waals surface area contributed by atoms with E-state index >= 15 is 0 Å². The predicted molar refractivity (Wildman–Crippen MR) is 82.3 cm³/mol. The second kappa shape index (κ2) is 5.65. The van der Waals surface area contributed by atoms with Crippen LogP contribution in [-0.4, -0.2) is 27.3 Å². The summed E-state index contributed by atoms with van der Waals surface area (Å²) in [5.41, 5.74) is 8.14. The van der Waals surface area contributed by atoms with Crippen LogP contribution in [0.2, 0.25) is 0 Å². The number of hydrogen-bond acceptors (Lipinski definition) is 6. The summed E-state index contributed by atoms with van der Waals surface area (Å²) in [6, 6.07) is 10.4. The smallest absolute Gasteiger partial charge is 0.264 e. The second-order valence-electron chi connectivity index (χ2n) is 4.53. The van der Waals surface area contributed by atoms with Crippen molar-refractivity contribution in [2.75, 3.05) is 12.8 Å². The minimum Gasteiger partial charge on any atom is -0.497 e. The first-order chi connectivity index (χ1) is 10.7. The van der Waals surface area contributed by atoms with E-state index < -0.39 is 0 Å². The Labute approximate surface area is 125 Å². The molecule has 110 valence electrons. The number of ether oxygens (including phenoxy) is 1. The van der Waals surface area contributed by atoms with Gasteiger partial charge in [-0.15, -0.1) is 0 Å². The van der Waals surface area contributed by atoms with Crippen LogP contribution in [0.4, 0.5) is 5.95 Å². The van der Waals surface area contributed by atoms with Crippen LogP contribution in [0.1, 0.15) is 0 Å². The maximum absolute atomic E-state index is 11.1. The second-order valence-corrected chi connectivity index (χ2v) is 4.53. The highest BCUT2D eigenvalue weighted by atomic mass is 16.5. The number of rotatable bonds is 3. The van der Waals surface area contributed by atoms with E-state index in [1.54, 1.807) is 19.4 Å². The minimum atomic E-state index is -0.272. The van der Waals surface area contributed by atoms with Crippen molar-refractivity contribution in [3.8, 4) is 28.3 Å². The van der Waals surface area contributed by atoms with Crippen LogP contribution in [0.25, 0.3) is 22.5 Å². The molecule has 0 aliphatic heterocycles. The molecule has 0 fully saturated rings. The van der Waals surface area contributed by atoms with Gasteiger partial charge < -0.3 is 10.5 Å². The number of aromatic amines is 1. The topological polar surface area (TPSA) is 107 Å². The Balaban J connectivity index is 2.15. The fourth-order valence-electron chi connectivity index (χ4n) is 2.05. The lowest BCUT2D eigenvalue weighted by Crippen LogP contribution is -2.07. The molecule has 0 radical (unpaired) electrons. The van der Waals surface area contributed by atoms with Gasteiger partial charge in [-0.3, -0.25) is 4.79 Å². The van der Waals surface area contributed by atoms with Crippen LogP contribution < -0.4 is 16.0 Å². The van der Waals surface area contributed by atoms with Crippen LogP contribution >= 0.6 is 0 Å². The molecular formula is C15H13N5O2. The zero-order chi connectivity index (χ0) is 15.5. The molecule has 2 heterocycles. The highest BCUT2D eigenvalue weighted by molar-refractivity contribution is 5.78. The summed E-state index contributed by atoms with van der Waals surface area (Å²) in [6.45, 7) is 0. The third-order valence-electron chi connectivity index (χ3n) is 3.13. The molecule has 0 saturated heterocycles. The van der Waals surface area contributed by atoms with E-state index in [0.717, 1.165) is 11.3 Å². The van der Waals surface area contributed by atoms with Gasteiger partial charge in [-0.1, -0.05) is 0 Å². The van der Waals surface area contributed by atoms with Gasteiger partial charge in [-0.25, -0.2) is 15.1 Å². The van der Waals surface area contributed by atoms with Crippen LogP contribution in [0.3, 0.4) is 0 Å². The molecule has 0 atom stereocenters. The van der Waals surface area contributed by atoms with Crippen molar-refractivity contribution in [1.82, 2.24) is 20.2 Å². The third kappa shape index (κ3) is 2.64. The molecule has 0 saturated carbocycles. The van der Waals surface area contributed by atoms with E-state index in [4.69, 9.17) is 10.5 Å². The van der Waals surface area contributed by atoms with Crippen molar-refractivity contribution < 1.29 is 4.74 Å². The molecule has 3 rings (SSSR count). The zero-order valence-electron chi connectivity index (χ0n) is 11.8. The quantitative estimate of drug-likeness (QED) is 0.758. The summed E-state index contributed by atoms with van der Waals surface area (Å²) in [5.74, 6) is 0.911. The summed E-state index contributed by atoms with van der Waals surface area (Å²) in [7, 11) is 1.60. The van der Waals surface area contributed by atoms with Gasteiger partial charge >= 0.3 is 0 Å². The molecule has 3 aromatic rings. The zero-order valence-corrected chi connectivity index (χ0v) is 11.8. The molecule has 0 aliphatic carbocycles. The van der Waals surface area contributed by atoms with E-state index in [1.807, 2.05) is 24.3 Å². The normalized spacial score (nSPS) is 10.4. The first-order valence-electron chi connectivity index (χ1n) is 6.50. The Morgan fingerprint density at radius 3 is 2.55 bits per heavy atom. The lowest BCUT2D eigenvalue weighted by molar-refractivity contribution is 0.415. The van der Waals surface area contributed by atoms with Crippen molar-refractivity contribution >= 4 is 5.95 Å². The predicted octanol–water partition coefficient (Wildman–Crippen LogP) is 1.48. The molecule has 7 nitrogen and oxygen atoms in total. The van der Waals surface area contributed by atoms with Crippen molar-refractivity contribution in [3.05, 3.63) is 52.9 Å². The Morgan fingerprint density at radius 1 is 1.14 bits per heavy atom. The first-order valence-corrected chi connectivity index (χ1v) is 6.50. The highest BCUT2D eigenvalue weighted by Crippen LogP contribution is 2.29. The summed E-state index contributed by atoms with van der Waals surface area (Å²) < 4.78 is 5.15. The van der Waals surface area contributed by atoms with Crippen LogP contribution in [0.15, 0.2) is 47.4 Å². The number of nitrogens with zero attached hydrogens (tertiary/aromatic N) is 3. The molecule has 0 bridgehead atoms. The summed E-state index contributed by atoms with van der Waals surface area (Å²) >= 11 is 0. The molecule has 1 aromatic carbocycles. The maximum Gasteiger partial charge on any atom is 0.264 e. The number of methoxy groups -OCH3 is 1. The Morgan fingerprint density at radius 2 is 1.91 bits per heavy atom. The van der Waals surface area contributed by atoms with E-state index in [1.165, 1.54) is 6.07 Å². The largest absolute Gasteiger partial charge is 0.497 e. The number of anilines is 1. The number of aromatic nitrogens is 4. The monoisotopic (exact) mass is 295 g/mol. The SMILES string of the molecule is COc1ccc(-c2nc(N)ncc2-c2ccc(=O)[nH]n2)cc1. The van der Waals surface area contributed by atoms with Gasteiger partial charge in [-0.05, 0) is 30.3 Å². The van der Waals surface area contributed by atoms with Crippen LogP contribution in [0, 0.1) is 0 Å². The molecule has 2 aromatic heterocycles. The lowest BCUT2D eigenvalue weighted by atomic mass is 10.0. The van der Waals surface area contributed by atoms with E-state index in [2.05, 4.69) is 20.2 Å². The average molecular weight is 295 g/mol. The number of nitrogen functional groups attached to an aromatic ring is 1. The molecule has 7 heteroatoms. The molecule has 0 amide bonds. The van der Waals surface area contributed by atoms with Crippen molar-refractivity contribution in [2.24, 2.45) is 0 Å². The van der Waals surface area contributed by atoms with E-state index in [-0.39, 0.29) is 11.5 Å². The van der Waals surface area contributed by atoms with Gasteiger partial charge in [0, 0.05) is 23.4 Å². The standard InChI is InChI=1S/C15H13N5O2/c1-22-10-4-2-9(3-5-10)14-11(8-17-15(16)18-14)12-6-7-13(21)20-19-12/h2-8H,1H3,(H,20,21)(H2,16,17,18). The summed E-state index contributed by atoms with van der Waals surface area (Å²) in [6.07, 6.45) is 1.59. The fraction of sp³-hybridized carbons (Fsp3) is 0.0667. The molecular weight excluding hydrogens is 282 g/mol. The van der Waals surface area contributed by atoms with Crippen molar-refractivity contribution in [1.29, 1.82) is 0 Å². The molecule has 22 heavy (non-hydrogen) atoms. The van der Waals surface area contributed by atoms with Gasteiger partial charge in [0.1, 0.15) is 5.75 Å². The summed E-state index contributed by atoms with van der Waals surface area (Å²) in [4.78, 5) is 19.4. The highest BCUT2D eigenvalue weighted by Gasteiger charge is 2.12. The number of hydrogen-bond donors (Lipinski definition) is 2. The van der Waals surface area contributed by atoms with E-state index in [9.17, 15) is 4.79 Å². The third-order valence-corrected chi connectivity index (χ3v) is 3.13. The van der Waals surface area contributed by atoms with Crippen molar-refractivity contribution in [3.63, 3.8) is 0 Å². The number of H-pyrrole nitrogens is 1. The lowest BCUT2D eigenvalue weighted by Gasteiger charge is -2.09. The maximum atomic E-state index is 11.1. The summed E-state index contributed by atoms with van der Waals surface area (Å²) in [5, 5.41) is 6.41. The molecule has 0 unspecified atom stereocenters. The first kappa shape index (κ1) is 13.7. The molecule has 0 spiro atoms. The number of nitrogens with two attached hydrogens (primary N) is 1. The fourth-order valence-corrected chi connectivity index (χ4v) is 2.05. The van der Waals surface area contributed by atoms with E-state index in [0.29, 0.717) is 17.0 Å². The number of nitrogens with one attached hydrogen (secondary N) is 1. The molecule has 0 aliphatic rings. The van der Waals surface area contributed by atoms with Gasteiger partial charge in [-0.2, -0.15) is 5.10 Å². The average Bonchev–Trinajstić information content (AvgIpc) is 2.56. The van der Waals surface area contributed by atoms with Gasteiger partial charge in [0.05, 0.1) is 18.5 Å². The Hall–Kier alpha value is -3.22. The Bertz CT molecular complexity index is 838. The van der Waals surface area contributed by atoms with Crippen molar-refractivity contribution in [2.45, 2.75) is 0 Å². The van der Waals surface area contributed by atoms with Gasteiger partial charge in [0.2, 0.25) is 5.95 Å². The Kier molecular flexibility index (Phi) is 3.53. The van der Waals surface area contributed by atoms with Gasteiger partial charge in [0.25, 0.3) is 5.56 Å². The number of benzene rings is 1. The minimum absolute atomic E-state index is 0.166. The van der Waals surface area contributed by atoms with Crippen LogP contribution in [0.5, 0.6) is 5.75 Å². The van der Waals surface area contributed by atoms with Crippen LogP contribution in [-0.2, 0) is 0 Å². The van der Waals surface area contributed by atoms with Gasteiger partial charge in [0.15, 0.2) is 0 Å². The molecule has 3 N–H and O–H groups in total.